The summed E-state index contributed by atoms with van der Waals surface area (Å²) in [6, 6.07) is 2.71. The molecule has 0 spiro atoms. The number of carboxylic acid groups (broad SMARTS) is 1. The fourth-order valence-electron chi connectivity index (χ4n) is 3.71. The van der Waals surface area contributed by atoms with E-state index in [4.69, 9.17) is 10.2 Å². The Balaban J connectivity index is 1.52. The zero-order valence-corrected chi connectivity index (χ0v) is 12.6. The van der Waals surface area contributed by atoms with E-state index >= 15 is 0 Å². The molecule has 0 aromatic carbocycles. The maximum atomic E-state index is 10.8. The molecule has 2 aliphatic rings. The normalized spacial score (nSPS) is 24.5. The van der Waals surface area contributed by atoms with E-state index in [1.165, 1.54) is 32.1 Å². The fraction of sp³-hybridized carbons (Fsp3) is 0.750. The van der Waals surface area contributed by atoms with Crippen LogP contribution in [-0.2, 0) is 11.3 Å². The Bertz CT molecular complexity index is 480. The topological polar surface area (TPSA) is 58.4 Å². The molecule has 1 unspecified atom stereocenters. The number of hydrogen-bond donors (Lipinski definition) is 1. The lowest BCUT2D eigenvalue weighted by atomic mass is 9.96. The average Bonchev–Trinajstić information content (AvgIpc) is 3.09. The Kier molecular flexibility index (Phi) is 4.58. The highest BCUT2D eigenvalue weighted by molar-refractivity contribution is 5.67. The number of rotatable bonds is 5. The molecule has 0 amide bonds. The Labute approximate surface area is 125 Å². The number of likely N-dealkylation sites (tertiary alicyclic amines) is 1. The average molecular weight is 291 g/mol. The zero-order chi connectivity index (χ0) is 14.7. The van der Waals surface area contributed by atoms with Crippen molar-refractivity contribution in [3.63, 3.8) is 0 Å². The summed E-state index contributed by atoms with van der Waals surface area (Å²) in [6.45, 7) is 2.74. The number of aromatic nitrogens is 2. The molecule has 0 radical (unpaired) electrons. The third-order valence-corrected chi connectivity index (χ3v) is 4.83. The van der Waals surface area contributed by atoms with Crippen LogP contribution in [0.2, 0.25) is 0 Å². The van der Waals surface area contributed by atoms with E-state index in [1.807, 2.05) is 0 Å². The molecule has 1 saturated carbocycles. The van der Waals surface area contributed by atoms with Gasteiger partial charge in [-0.05, 0) is 37.8 Å². The first-order chi connectivity index (χ1) is 10.2. The smallest absolute Gasteiger partial charge is 0.303 e. The lowest BCUT2D eigenvalue weighted by Crippen LogP contribution is -2.21. The van der Waals surface area contributed by atoms with Crippen LogP contribution in [0.4, 0.5) is 0 Å². The van der Waals surface area contributed by atoms with Gasteiger partial charge in [-0.3, -0.25) is 14.4 Å². The van der Waals surface area contributed by atoms with E-state index in [0.717, 1.165) is 31.7 Å². The molecule has 1 aromatic rings. The van der Waals surface area contributed by atoms with Crippen molar-refractivity contribution in [2.45, 2.75) is 57.5 Å². The second kappa shape index (κ2) is 6.60. The molecule has 1 atom stereocenters. The van der Waals surface area contributed by atoms with Crippen molar-refractivity contribution in [2.24, 2.45) is 5.92 Å². The van der Waals surface area contributed by atoms with Gasteiger partial charge >= 0.3 is 5.97 Å². The van der Waals surface area contributed by atoms with Gasteiger partial charge in [0, 0.05) is 25.7 Å². The number of hydrogen-bond acceptors (Lipinski definition) is 3. The second-order valence-electron chi connectivity index (χ2n) is 6.57. The van der Waals surface area contributed by atoms with Gasteiger partial charge < -0.3 is 5.11 Å². The summed E-state index contributed by atoms with van der Waals surface area (Å²) in [5.41, 5.74) is 1.12. The third kappa shape index (κ3) is 3.84. The van der Waals surface area contributed by atoms with Crippen LogP contribution in [0.3, 0.4) is 0 Å². The lowest BCUT2D eigenvalue weighted by molar-refractivity contribution is -0.138. The SMILES string of the molecule is O=C(O)CC1CCN(Cc2ccn(C3CCCCC3)n2)C1. The van der Waals surface area contributed by atoms with Crippen LogP contribution < -0.4 is 0 Å². The largest absolute Gasteiger partial charge is 0.481 e. The van der Waals surface area contributed by atoms with Crippen LogP contribution in [-0.4, -0.2) is 38.8 Å². The van der Waals surface area contributed by atoms with Gasteiger partial charge in [-0.25, -0.2) is 0 Å². The maximum Gasteiger partial charge on any atom is 0.303 e. The number of aliphatic carboxylic acids is 1. The standard InChI is InChI=1S/C16H25N3O2/c20-16(21)10-13-6-8-18(11-13)12-14-7-9-19(17-14)15-4-2-1-3-5-15/h7,9,13,15H,1-6,8,10-12H2,(H,20,21). The van der Waals surface area contributed by atoms with Gasteiger partial charge in [0.25, 0.3) is 0 Å². The highest BCUT2D eigenvalue weighted by atomic mass is 16.4. The predicted molar refractivity (Wildman–Crippen MR) is 80.0 cm³/mol. The van der Waals surface area contributed by atoms with Gasteiger partial charge in [0.05, 0.1) is 11.7 Å². The minimum absolute atomic E-state index is 0.299. The van der Waals surface area contributed by atoms with Crippen molar-refractivity contribution < 1.29 is 9.90 Å². The van der Waals surface area contributed by atoms with Gasteiger partial charge in [0.2, 0.25) is 0 Å². The van der Waals surface area contributed by atoms with Crippen LogP contribution >= 0.6 is 0 Å². The summed E-state index contributed by atoms with van der Waals surface area (Å²) in [5, 5.41) is 13.6. The molecule has 1 N–H and O–H groups in total. The Morgan fingerprint density at radius 1 is 1.29 bits per heavy atom. The van der Waals surface area contributed by atoms with Gasteiger partial charge in [0.15, 0.2) is 0 Å². The Morgan fingerprint density at radius 2 is 2.10 bits per heavy atom. The van der Waals surface area contributed by atoms with Gasteiger partial charge in [-0.2, -0.15) is 5.10 Å². The summed E-state index contributed by atoms with van der Waals surface area (Å²) >= 11 is 0. The molecule has 1 aliphatic heterocycles. The lowest BCUT2D eigenvalue weighted by Gasteiger charge is -2.22. The van der Waals surface area contributed by atoms with Crippen molar-refractivity contribution >= 4 is 5.97 Å². The highest BCUT2D eigenvalue weighted by Gasteiger charge is 2.25. The summed E-state index contributed by atoms with van der Waals surface area (Å²) in [4.78, 5) is 13.1. The first-order valence-corrected chi connectivity index (χ1v) is 8.19. The molecular formula is C16H25N3O2. The van der Waals surface area contributed by atoms with E-state index in [2.05, 4.69) is 21.8 Å². The minimum Gasteiger partial charge on any atom is -0.481 e. The Hall–Kier alpha value is -1.36. The molecule has 5 heteroatoms. The van der Waals surface area contributed by atoms with Gasteiger partial charge in [0.1, 0.15) is 0 Å². The molecule has 21 heavy (non-hydrogen) atoms. The molecule has 2 heterocycles. The molecule has 1 saturated heterocycles. The second-order valence-corrected chi connectivity index (χ2v) is 6.57. The summed E-state index contributed by atoms with van der Waals surface area (Å²) in [6.07, 6.45) is 9.94. The first-order valence-electron chi connectivity index (χ1n) is 8.19. The van der Waals surface area contributed by atoms with Crippen molar-refractivity contribution in [1.82, 2.24) is 14.7 Å². The molecule has 116 valence electrons. The predicted octanol–water partition coefficient (Wildman–Crippen LogP) is 2.68. The quantitative estimate of drug-likeness (QED) is 0.906. The molecule has 1 aromatic heterocycles. The molecular weight excluding hydrogens is 266 g/mol. The van der Waals surface area contributed by atoms with E-state index in [0.29, 0.717) is 18.4 Å². The first kappa shape index (κ1) is 14.6. The van der Waals surface area contributed by atoms with Crippen molar-refractivity contribution in [3.8, 4) is 0 Å². The third-order valence-electron chi connectivity index (χ3n) is 4.83. The number of nitrogens with zero attached hydrogens (tertiary/aromatic N) is 3. The van der Waals surface area contributed by atoms with E-state index in [9.17, 15) is 4.79 Å². The number of carboxylic acids is 1. The van der Waals surface area contributed by atoms with Crippen LogP contribution in [0.25, 0.3) is 0 Å². The highest BCUT2D eigenvalue weighted by Crippen LogP contribution is 2.28. The van der Waals surface area contributed by atoms with E-state index < -0.39 is 5.97 Å². The maximum absolute atomic E-state index is 10.8. The summed E-state index contributed by atoms with van der Waals surface area (Å²) in [5.74, 6) is -0.369. The van der Waals surface area contributed by atoms with Gasteiger partial charge in [-0.15, -0.1) is 0 Å². The van der Waals surface area contributed by atoms with Crippen molar-refractivity contribution in [1.29, 1.82) is 0 Å². The van der Waals surface area contributed by atoms with Crippen molar-refractivity contribution in [2.75, 3.05) is 13.1 Å². The van der Waals surface area contributed by atoms with Gasteiger partial charge in [-0.1, -0.05) is 19.3 Å². The van der Waals surface area contributed by atoms with Crippen LogP contribution in [0.1, 0.15) is 56.7 Å². The Morgan fingerprint density at radius 3 is 2.86 bits per heavy atom. The molecule has 1 aliphatic carbocycles. The van der Waals surface area contributed by atoms with Crippen LogP contribution in [0.15, 0.2) is 12.3 Å². The zero-order valence-electron chi connectivity index (χ0n) is 12.6. The molecule has 3 rings (SSSR count). The van der Waals surface area contributed by atoms with Crippen LogP contribution in [0, 0.1) is 5.92 Å². The molecule has 5 nitrogen and oxygen atoms in total. The fourth-order valence-corrected chi connectivity index (χ4v) is 3.71. The van der Waals surface area contributed by atoms with Crippen LogP contribution in [0.5, 0.6) is 0 Å². The summed E-state index contributed by atoms with van der Waals surface area (Å²) in [7, 11) is 0. The summed E-state index contributed by atoms with van der Waals surface area (Å²) < 4.78 is 2.15. The van der Waals surface area contributed by atoms with E-state index in [-0.39, 0.29) is 0 Å². The molecule has 0 bridgehead atoms. The molecule has 2 fully saturated rings. The minimum atomic E-state index is -0.677. The van der Waals surface area contributed by atoms with E-state index in [1.54, 1.807) is 0 Å². The monoisotopic (exact) mass is 291 g/mol. The van der Waals surface area contributed by atoms with Crippen molar-refractivity contribution in [3.05, 3.63) is 18.0 Å². The number of carbonyl (C=O) groups is 1.